The van der Waals surface area contributed by atoms with Gasteiger partial charge in [0.25, 0.3) is 5.91 Å². The van der Waals surface area contributed by atoms with Crippen LogP contribution in [0.3, 0.4) is 0 Å². The molecule has 3 aliphatic rings. The van der Waals surface area contributed by atoms with Crippen molar-refractivity contribution < 1.29 is 9.59 Å². The molecule has 1 aliphatic carbocycles. The third kappa shape index (κ3) is 3.87. The van der Waals surface area contributed by atoms with E-state index in [-0.39, 0.29) is 42.5 Å². The molecule has 2 fully saturated rings. The number of benzene rings is 1. The number of amides is 2. The molecule has 0 spiro atoms. The average molecular weight is 477 g/mol. The van der Waals surface area contributed by atoms with Crippen LogP contribution in [0.4, 0.5) is 5.82 Å². The van der Waals surface area contributed by atoms with E-state index in [0.717, 1.165) is 36.0 Å². The van der Waals surface area contributed by atoms with Gasteiger partial charge in [-0.2, -0.15) is 5.10 Å². The van der Waals surface area contributed by atoms with Gasteiger partial charge in [0.15, 0.2) is 5.82 Å². The van der Waals surface area contributed by atoms with Crippen molar-refractivity contribution in [1.82, 2.24) is 25.0 Å². The molecule has 170 valence electrons. The van der Waals surface area contributed by atoms with Gasteiger partial charge in [0.05, 0.1) is 18.8 Å². The van der Waals surface area contributed by atoms with Gasteiger partial charge in [0.1, 0.15) is 5.69 Å². The van der Waals surface area contributed by atoms with Crippen LogP contribution in [0.15, 0.2) is 36.4 Å². The fourth-order valence-corrected chi connectivity index (χ4v) is 5.23. The first kappa shape index (κ1) is 22.6. The molecule has 2 aromatic heterocycles. The van der Waals surface area contributed by atoms with Crippen LogP contribution in [0.25, 0.3) is 10.9 Å². The van der Waals surface area contributed by atoms with Crippen molar-refractivity contribution in [1.29, 1.82) is 0 Å². The molecule has 1 saturated carbocycles. The first-order chi connectivity index (χ1) is 14.6. The highest BCUT2D eigenvalue weighted by atomic mass is 35.5. The van der Waals surface area contributed by atoms with Crippen molar-refractivity contribution in [3.05, 3.63) is 47.8 Å². The molecule has 2 amide bonds. The number of aromatic nitrogens is 3. The summed E-state index contributed by atoms with van der Waals surface area (Å²) in [4.78, 5) is 30.7. The van der Waals surface area contributed by atoms with Crippen LogP contribution in [-0.4, -0.2) is 50.6 Å². The second-order valence-corrected chi connectivity index (χ2v) is 8.67. The van der Waals surface area contributed by atoms with Crippen LogP contribution in [0.2, 0.25) is 0 Å². The van der Waals surface area contributed by atoms with E-state index in [9.17, 15) is 9.59 Å². The van der Waals surface area contributed by atoms with Crippen LogP contribution in [0, 0.1) is 11.8 Å². The first-order valence-electron chi connectivity index (χ1n) is 10.6. The Bertz CT molecular complexity index is 1130. The molecular formula is C22H26Cl2N6O2. The maximum atomic E-state index is 13.0. The number of piperidine rings is 1. The van der Waals surface area contributed by atoms with Crippen molar-refractivity contribution in [2.45, 2.75) is 32.0 Å². The monoisotopic (exact) mass is 476 g/mol. The molecule has 2 aliphatic heterocycles. The summed E-state index contributed by atoms with van der Waals surface area (Å²) < 4.78 is 1.90. The van der Waals surface area contributed by atoms with Crippen LogP contribution in [0.5, 0.6) is 0 Å². The van der Waals surface area contributed by atoms with Gasteiger partial charge in [-0.1, -0.05) is 18.2 Å². The summed E-state index contributed by atoms with van der Waals surface area (Å²) in [6.45, 7) is 2.63. The van der Waals surface area contributed by atoms with Gasteiger partial charge in [0, 0.05) is 35.5 Å². The van der Waals surface area contributed by atoms with Crippen molar-refractivity contribution >= 4 is 53.3 Å². The van der Waals surface area contributed by atoms with E-state index in [0.29, 0.717) is 43.1 Å². The van der Waals surface area contributed by atoms with E-state index in [1.807, 2.05) is 46.0 Å². The number of nitrogens with zero attached hydrogens (tertiary/aromatic N) is 3. The first-order valence-corrected chi connectivity index (χ1v) is 10.6. The zero-order chi connectivity index (χ0) is 20.2. The second-order valence-electron chi connectivity index (χ2n) is 8.67. The number of hydrogen-bond acceptors (Lipinski definition) is 4. The van der Waals surface area contributed by atoms with Gasteiger partial charge in [-0.25, -0.2) is 0 Å². The van der Waals surface area contributed by atoms with E-state index >= 15 is 0 Å². The Morgan fingerprint density at radius 1 is 1.09 bits per heavy atom. The van der Waals surface area contributed by atoms with Crippen LogP contribution in [-0.2, 0) is 17.9 Å². The summed E-state index contributed by atoms with van der Waals surface area (Å²) in [5, 5.41) is 12.0. The van der Waals surface area contributed by atoms with Gasteiger partial charge in [-0.15, -0.1) is 24.8 Å². The summed E-state index contributed by atoms with van der Waals surface area (Å²) in [6, 6.07) is 12.2. The molecule has 1 saturated heterocycles. The highest BCUT2D eigenvalue weighted by Crippen LogP contribution is 2.37. The number of halogens is 2. The lowest BCUT2D eigenvalue weighted by Gasteiger charge is -2.27. The fraction of sp³-hybridized carbons (Fsp3) is 0.409. The lowest BCUT2D eigenvalue weighted by Crippen LogP contribution is -2.38. The molecule has 0 radical (unpaired) electrons. The van der Waals surface area contributed by atoms with E-state index in [1.54, 1.807) is 0 Å². The number of rotatable bonds is 3. The zero-order valence-corrected chi connectivity index (χ0v) is 19.0. The number of anilines is 1. The number of carbonyl (C=O) groups excluding carboxylic acids is 2. The lowest BCUT2D eigenvalue weighted by molar-refractivity contribution is -0.121. The number of H-pyrrole nitrogens is 1. The number of aromatic amines is 1. The van der Waals surface area contributed by atoms with E-state index < -0.39 is 0 Å². The summed E-state index contributed by atoms with van der Waals surface area (Å²) in [5.74, 6) is 1.17. The molecule has 32 heavy (non-hydrogen) atoms. The number of fused-ring (bicyclic) bond motifs is 4. The topological polar surface area (TPSA) is 95.1 Å². The Morgan fingerprint density at radius 3 is 2.69 bits per heavy atom. The van der Waals surface area contributed by atoms with Gasteiger partial charge in [-0.3, -0.25) is 14.3 Å². The van der Waals surface area contributed by atoms with Gasteiger partial charge < -0.3 is 20.5 Å². The van der Waals surface area contributed by atoms with E-state index in [2.05, 4.69) is 20.7 Å². The molecule has 3 atom stereocenters. The molecule has 6 rings (SSSR count). The highest BCUT2D eigenvalue weighted by molar-refractivity contribution is 5.98. The quantitative estimate of drug-likeness (QED) is 0.541. The van der Waals surface area contributed by atoms with Gasteiger partial charge in [-0.05, 0) is 37.4 Å². The highest BCUT2D eigenvalue weighted by Gasteiger charge is 2.43. The summed E-state index contributed by atoms with van der Waals surface area (Å²) in [5.41, 5.74) is 2.50. The summed E-state index contributed by atoms with van der Waals surface area (Å²) in [7, 11) is 0. The number of hydrogen-bond donors (Lipinski definition) is 3. The molecule has 3 aromatic rings. The predicted octanol–water partition coefficient (Wildman–Crippen LogP) is 2.80. The van der Waals surface area contributed by atoms with E-state index in [4.69, 9.17) is 0 Å². The van der Waals surface area contributed by atoms with Crippen LogP contribution in [0.1, 0.15) is 29.0 Å². The van der Waals surface area contributed by atoms with Crippen molar-refractivity contribution in [3.63, 3.8) is 0 Å². The zero-order valence-electron chi connectivity index (χ0n) is 17.4. The maximum Gasteiger partial charge on any atom is 0.270 e. The van der Waals surface area contributed by atoms with Gasteiger partial charge >= 0.3 is 0 Å². The summed E-state index contributed by atoms with van der Waals surface area (Å²) in [6.07, 6.45) is 2.01. The minimum absolute atomic E-state index is 0. The van der Waals surface area contributed by atoms with Crippen LogP contribution >= 0.6 is 24.8 Å². The Morgan fingerprint density at radius 2 is 1.94 bits per heavy atom. The SMILES string of the molecule is Cl.Cl.O=C(Nc1cc2n(n1)CCN(C(=O)c1cc3ccccc3[nH]1)C2)C1CC2CC1CN2. The van der Waals surface area contributed by atoms with Crippen LogP contribution < -0.4 is 10.6 Å². The van der Waals surface area contributed by atoms with Gasteiger partial charge in [0.2, 0.25) is 5.91 Å². The van der Waals surface area contributed by atoms with Crippen molar-refractivity contribution in [3.8, 4) is 0 Å². The number of para-hydroxylation sites is 1. The Labute approximate surface area is 197 Å². The standard InChI is InChI=1S/C22H24N6O2.2ClH/c29-21(17-9-15-7-14(17)11-23-15)25-20-10-16-12-27(5-6-28(16)26-20)22(30)19-8-13-3-1-2-4-18(13)24-19;;/h1-4,8,10,14-15,17,23-24H,5-7,9,11-12H2,(H,25,26,29);2*1H. The lowest BCUT2D eigenvalue weighted by atomic mass is 9.94. The molecular weight excluding hydrogens is 451 g/mol. The molecule has 8 nitrogen and oxygen atoms in total. The predicted molar refractivity (Wildman–Crippen MR) is 126 cm³/mol. The molecule has 3 unspecified atom stereocenters. The molecule has 1 aromatic carbocycles. The molecule has 3 N–H and O–H groups in total. The minimum Gasteiger partial charge on any atom is -0.351 e. The minimum atomic E-state index is -0.0151. The van der Waals surface area contributed by atoms with Crippen molar-refractivity contribution in [2.24, 2.45) is 11.8 Å². The Kier molecular flexibility index (Phi) is 6.20. The maximum absolute atomic E-state index is 13.0. The molecule has 10 heteroatoms. The number of carbonyl (C=O) groups is 2. The third-order valence-corrected chi connectivity index (χ3v) is 6.80. The fourth-order valence-electron chi connectivity index (χ4n) is 5.23. The van der Waals surface area contributed by atoms with E-state index in [1.165, 1.54) is 0 Å². The average Bonchev–Trinajstić information content (AvgIpc) is 3.54. The van der Waals surface area contributed by atoms with Crippen molar-refractivity contribution in [2.75, 3.05) is 18.4 Å². The smallest absolute Gasteiger partial charge is 0.270 e. The largest absolute Gasteiger partial charge is 0.351 e. The number of nitrogens with one attached hydrogen (secondary N) is 3. The molecule has 4 heterocycles. The Hall–Kier alpha value is -2.55. The Balaban J connectivity index is 0.00000122. The molecule has 2 bridgehead atoms. The summed E-state index contributed by atoms with van der Waals surface area (Å²) >= 11 is 0. The second kappa shape index (κ2) is 8.77. The third-order valence-electron chi connectivity index (χ3n) is 6.80. The normalized spacial score (nSPS) is 23.4.